The quantitative estimate of drug-likeness (QED) is 0.0327. The zero-order valence-corrected chi connectivity index (χ0v) is 42.9. The molecule has 0 fully saturated rings. The van der Waals surface area contributed by atoms with Crippen LogP contribution in [0.25, 0.3) is 0 Å². The third kappa shape index (κ3) is 19.5. The van der Waals surface area contributed by atoms with E-state index < -0.39 is 16.1 Å². The molecule has 6 aromatic rings. The smallest absolute Gasteiger partial charge is 0.303 e. The van der Waals surface area contributed by atoms with Crippen LogP contribution in [0.4, 0.5) is 0 Å². The Labute approximate surface area is 417 Å². The van der Waals surface area contributed by atoms with Crippen molar-refractivity contribution in [1.29, 1.82) is 0 Å². The number of hydrogen-bond donors (Lipinski definition) is 1. The van der Waals surface area contributed by atoms with Gasteiger partial charge in [-0.2, -0.15) is 0 Å². The number of aryl methyl sites for hydroxylation is 2. The first kappa shape index (κ1) is 55.5. The first-order chi connectivity index (χ1) is 32.4. The van der Waals surface area contributed by atoms with Crippen LogP contribution >= 0.6 is 0 Å². The zero-order valence-electron chi connectivity index (χ0n) is 40.5. The van der Waals surface area contributed by atoms with Crippen molar-refractivity contribution in [3.05, 3.63) is 192 Å². The number of unbranched alkanes of at least 4 members (excludes halogenated alkanes) is 2. The zero-order chi connectivity index (χ0) is 47.9. The molecule has 4 aromatic heterocycles. The molecule has 0 amide bonds. The lowest BCUT2D eigenvalue weighted by Crippen LogP contribution is -3.00. The number of halogens is 1. The molecule has 0 saturated carbocycles. The maximum atomic E-state index is 10.8. The molecule has 0 aliphatic heterocycles. The van der Waals surface area contributed by atoms with Crippen molar-refractivity contribution in [2.45, 2.75) is 147 Å². The topological polar surface area (TPSA) is 128 Å². The number of hydrogen-bond acceptors (Lipinski definition) is 6. The van der Waals surface area contributed by atoms with E-state index in [1.807, 2.05) is 41.7 Å². The van der Waals surface area contributed by atoms with Crippen LogP contribution in [0.2, 0.25) is 0 Å². The van der Waals surface area contributed by atoms with Crippen LogP contribution in [0, 0.1) is 0 Å². The number of pyridine rings is 4. The highest BCUT2D eigenvalue weighted by molar-refractivity contribution is 7.85. The van der Waals surface area contributed by atoms with Gasteiger partial charge >= 0.3 is 5.97 Å². The molecule has 0 radical (unpaired) electrons. The fourth-order valence-corrected chi connectivity index (χ4v) is 9.89. The lowest BCUT2D eigenvalue weighted by atomic mass is 9.79. The number of aliphatic carboxylic acids is 1. The summed E-state index contributed by atoms with van der Waals surface area (Å²) in [6.45, 7) is 10.6. The van der Waals surface area contributed by atoms with E-state index in [0.29, 0.717) is 48.5 Å². The summed E-state index contributed by atoms with van der Waals surface area (Å²) in [6, 6.07) is 39.0. The minimum atomic E-state index is -4.16. The third-order valence-corrected chi connectivity index (χ3v) is 14.2. The molecule has 6 unspecified atom stereocenters. The van der Waals surface area contributed by atoms with Gasteiger partial charge < -0.3 is 26.6 Å². The summed E-state index contributed by atoms with van der Waals surface area (Å²) in [6.07, 6.45) is 25.8. The fraction of sp³-hybridized carbons (Fsp3) is 0.421. The predicted molar refractivity (Wildman–Crippen MR) is 267 cm³/mol. The SMILES string of the molecule is CCC(CC(CC(C)c1ccccc1)c1ccncc1)c1cc[n+](CCCCCC(=O)O)cc1.CCC(CC(CC(C)c1ccccc1)c1ccncc1)c1cc[n+](CCCS(=O)(=O)[O-])cc1.[Br-]. The summed E-state index contributed by atoms with van der Waals surface area (Å²) in [7, 11) is -4.16. The van der Waals surface area contributed by atoms with Crippen molar-refractivity contribution in [3.8, 4) is 0 Å². The molecule has 6 rings (SSSR count). The molecule has 68 heavy (non-hydrogen) atoms. The van der Waals surface area contributed by atoms with E-state index in [1.165, 1.54) is 33.4 Å². The molecule has 0 saturated heterocycles. The molecule has 9 nitrogen and oxygen atoms in total. The second kappa shape index (κ2) is 29.7. The first-order valence-corrected chi connectivity index (χ1v) is 26.0. The maximum Gasteiger partial charge on any atom is 0.303 e. The van der Waals surface area contributed by atoms with E-state index in [9.17, 15) is 17.8 Å². The summed E-state index contributed by atoms with van der Waals surface area (Å²) < 4.78 is 36.6. The summed E-state index contributed by atoms with van der Waals surface area (Å²) in [5.74, 6) is 1.74. The van der Waals surface area contributed by atoms with Crippen LogP contribution in [0.15, 0.2) is 159 Å². The molecular weight excluding hydrogens is 933 g/mol. The van der Waals surface area contributed by atoms with Crippen LogP contribution in [0.5, 0.6) is 0 Å². The summed E-state index contributed by atoms with van der Waals surface area (Å²) >= 11 is 0. The highest BCUT2D eigenvalue weighted by atomic mass is 79.9. The van der Waals surface area contributed by atoms with Gasteiger partial charge in [-0.3, -0.25) is 14.8 Å². The highest BCUT2D eigenvalue weighted by Crippen LogP contribution is 2.39. The molecular formula is C57H73BrN4O5S. The predicted octanol–water partition coefficient (Wildman–Crippen LogP) is 9.05. The molecule has 0 spiro atoms. The Morgan fingerprint density at radius 2 is 0.912 bits per heavy atom. The van der Waals surface area contributed by atoms with Gasteiger partial charge in [0, 0.05) is 74.1 Å². The minimum Gasteiger partial charge on any atom is -1.00 e. The van der Waals surface area contributed by atoms with Gasteiger partial charge in [0.15, 0.2) is 24.8 Å². The second-order valence-corrected chi connectivity index (χ2v) is 19.8. The van der Waals surface area contributed by atoms with Crippen molar-refractivity contribution >= 4 is 16.1 Å². The molecule has 0 bridgehead atoms. The van der Waals surface area contributed by atoms with Crippen molar-refractivity contribution < 1.29 is 49.0 Å². The molecule has 6 atom stereocenters. The second-order valence-electron chi connectivity index (χ2n) is 18.3. The lowest BCUT2D eigenvalue weighted by Gasteiger charge is -2.26. The fourth-order valence-electron chi connectivity index (χ4n) is 9.41. The number of carbonyl (C=O) groups is 1. The van der Waals surface area contributed by atoms with Crippen molar-refractivity contribution in [1.82, 2.24) is 9.97 Å². The van der Waals surface area contributed by atoms with Crippen molar-refractivity contribution in [3.63, 3.8) is 0 Å². The average molecular weight is 1010 g/mol. The number of aromatic nitrogens is 4. The molecule has 0 aliphatic rings. The maximum absolute atomic E-state index is 10.8. The van der Waals surface area contributed by atoms with E-state index in [4.69, 9.17) is 5.11 Å². The van der Waals surface area contributed by atoms with Gasteiger partial charge in [0.1, 0.15) is 13.1 Å². The standard InChI is InChI=1S/C30H38N2O2.C27H34N2O3S.BrH/c1-3-25(28-15-20-32(21-16-28)19-9-5-8-12-30(33)34)23-29(27-13-17-31-18-14-27)22-24(2)26-10-6-4-7-11-26;1-3-23(26-12-17-29(18-13-26)16-7-19-33(30,31)32)21-27(25-10-14-28-15-11-25)20-22(2)24-8-5-4-6-9-24;/h4,6-7,10-11,13-18,20-21,24-25,29H,3,5,8-9,12,19,22-23H2,1-2H3;4-6,8-15,17-18,22-23,27H,3,7,16,19-21H2,1-2H3;1H. The Morgan fingerprint density at radius 1 is 0.529 bits per heavy atom. The average Bonchev–Trinajstić information content (AvgIpc) is 3.35. The van der Waals surface area contributed by atoms with Gasteiger partial charge in [-0.25, -0.2) is 17.6 Å². The Kier molecular flexibility index (Phi) is 24.2. The van der Waals surface area contributed by atoms with Crippen LogP contribution in [-0.2, 0) is 28.0 Å². The first-order valence-electron chi connectivity index (χ1n) is 24.4. The molecule has 364 valence electrons. The number of carboxylic acids is 1. The highest BCUT2D eigenvalue weighted by Gasteiger charge is 2.24. The van der Waals surface area contributed by atoms with Crippen LogP contribution in [-0.4, -0.2) is 39.8 Å². The lowest BCUT2D eigenvalue weighted by molar-refractivity contribution is -0.697. The van der Waals surface area contributed by atoms with E-state index in [1.54, 1.807) is 0 Å². The summed E-state index contributed by atoms with van der Waals surface area (Å²) in [5, 5.41) is 8.77. The summed E-state index contributed by atoms with van der Waals surface area (Å²) in [4.78, 5) is 19.1. The van der Waals surface area contributed by atoms with Crippen LogP contribution < -0.4 is 26.1 Å². The van der Waals surface area contributed by atoms with Gasteiger partial charge in [-0.15, -0.1) is 0 Å². The molecule has 2 aromatic carbocycles. The summed E-state index contributed by atoms with van der Waals surface area (Å²) in [5.41, 5.74) is 8.16. The molecule has 4 heterocycles. The van der Waals surface area contributed by atoms with Crippen molar-refractivity contribution in [2.24, 2.45) is 0 Å². The van der Waals surface area contributed by atoms with Crippen molar-refractivity contribution in [2.75, 3.05) is 5.75 Å². The number of benzene rings is 2. The van der Waals surface area contributed by atoms with Gasteiger partial charge in [0.25, 0.3) is 0 Å². The Morgan fingerprint density at radius 3 is 1.28 bits per heavy atom. The van der Waals surface area contributed by atoms with E-state index in [2.05, 4.69) is 164 Å². The molecule has 11 heteroatoms. The van der Waals surface area contributed by atoms with Gasteiger partial charge in [0.2, 0.25) is 0 Å². The van der Waals surface area contributed by atoms with Crippen LogP contribution in [0.3, 0.4) is 0 Å². The number of carboxylic acid groups (broad SMARTS) is 1. The largest absolute Gasteiger partial charge is 1.00 e. The molecule has 0 aliphatic carbocycles. The van der Waals surface area contributed by atoms with E-state index in [-0.39, 0.29) is 29.2 Å². The van der Waals surface area contributed by atoms with E-state index >= 15 is 0 Å². The van der Waals surface area contributed by atoms with Gasteiger partial charge in [0.05, 0.1) is 10.1 Å². The Hall–Kier alpha value is -5.10. The number of nitrogens with zero attached hydrogens (tertiary/aromatic N) is 4. The third-order valence-electron chi connectivity index (χ3n) is 13.4. The molecule has 1 N–H and O–H groups in total. The van der Waals surface area contributed by atoms with Gasteiger partial charge in [-0.1, -0.05) is 88.4 Å². The minimum absolute atomic E-state index is 0. The normalized spacial score (nSPS) is 14.0. The Balaban J connectivity index is 0.000000292. The van der Waals surface area contributed by atoms with Gasteiger partial charge in [-0.05, 0) is 145 Å². The number of rotatable bonds is 26. The van der Waals surface area contributed by atoms with Crippen LogP contribution in [0.1, 0.15) is 167 Å². The Bertz CT molecular complexity index is 2400. The van der Waals surface area contributed by atoms with E-state index in [0.717, 1.165) is 64.3 Å². The monoisotopic (exact) mass is 1000 g/mol.